The van der Waals surface area contributed by atoms with Gasteiger partial charge in [-0.05, 0) is 37.1 Å². The summed E-state index contributed by atoms with van der Waals surface area (Å²) in [4.78, 5) is 15.2. The average molecular weight is 335 g/mol. The van der Waals surface area contributed by atoms with Crippen LogP contribution in [0.3, 0.4) is 0 Å². The van der Waals surface area contributed by atoms with Crippen molar-refractivity contribution in [2.24, 2.45) is 7.05 Å². The van der Waals surface area contributed by atoms with Gasteiger partial charge in [0.1, 0.15) is 11.6 Å². The summed E-state index contributed by atoms with van der Waals surface area (Å²) in [6.07, 6.45) is 13.3. The number of nitrogens with one attached hydrogen (secondary N) is 1. The van der Waals surface area contributed by atoms with Gasteiger partial charge in [-0.2, -0.15) is 5.10 Å². The molecule has 1 saturated heterocycles. The maximum atomic E-state index is 4.41. The van der Waals surface area contributed by atoms with Gasteiger partial charge in [0.2, 0.25) is 0 Å². The van der Waals surface area contributed by atoms with Crippen molar-refractivity contribution in [1.29, 1.82) is 0 Å². The molecule has 0 bridgehead atoms. The first-order chi connectivity index (χ1) is 12.3. The van der Waals surface area contributed by atoms with Crippen molar-refractivity contribution in [3.63, 3.8) is 0 Å². The first-order valence-electron chi connectivity index (χ1n) is 8.48. The molecule has 1 aliphatic heterocycles. The summed E-state index contributed by atoms with van der Waals surface area (Å²) in [5.41, 5.74) is 2.53. The Bertz CT molecular complexity index is 830. The number of anilines is 2. The third kappa shape index (κ3) is 3.66. The lowest BCUT2D eigenvalue weighted by Gasteiger charge is -2.24. The van der Waals surface area contributed by atoms with Gasteiger partial charge >= 0.3 is 0 Å². The minimum absolute atomic E-state index is 0.408. The molecule has 7 heteroatoms. The maximum absolute atomic E-state index is 4.41. The van der Waals surface area contributed by atoms with Crippen LogP contribution in [0.5, 0.6) is 0 Å². The van der Waals surface area contributed by atoms with Crippen LogP contribution in [0.25, 0.3) is 0 Å². The first kappa shape index (κ1) is 15.7. The van der Waals surface area contributed by atoms with Crippen molar-refractivity contribution in [1.82, 2.24) is 29.6 Å². The quantitative estimate of drug-likeness (QED) is 0.773. The van der Waals surface area contributed by atoms with E-state index in [0.29, 0.717) is 11.9 Å². The molecule has 128 valence electrons. The fourth-order valence-electron chi connectivity index (χ4n) is 3.40. The van der Waals surface area contributed by atoms with E-state index in [-0.39, 0.29) is 0 Å². The topological polar surface area (TPSA) is 71.8 Å². The third-order valence-electron chi connectivity index (χ3n) is 4.50. The molecular weight excluding hydrogens is 314 g/mol. The lowest BCUT2D eigenvalue weighted by molar-refractivity contribution is 0.248. The lowest BCUT2D eigenvalue weighted by atomic mass is 10.1. The number of aryl methyl sites for hydroxylation is 1. The SMILES string of the molecule is Cn1cc(CN2CCC[C@@H]2c2ccnc(Nc3cnccn3)c2)cn1. The molecule has 25 heavy (non-hydrogen) atoms. The Balaban J connectivity index is 1.51. The van der Waals surface area contributed by atoms with Crippen molar-refractivity contribution < 1.29 is 0 Å². The lowest BCUT2D eigenvalue weighted by Crippen LogP contribution is -2.22. The Kier molecular flexibility index (Phi) is 4.39. The van der Waals surface area contributed by atoms with Crippen molar-refractivity contribution in [2.45, 2.75) is 25.4 Å². The van der Waals surface area contributed by atoms with Crippen LogP contribution in [0.1, 0.15) is 30.0 Å². The van der Waals surface area contributed by atoms with E-state index in [1.54, 1.807) is 18.6 Å². The van der Waals surface area contributed by atoms with Gasteiger partial charge in [0.05, 0.1) is 12.4 Å². The Morgan fingerprint density at radius 2 is 2.08 bits per heavy atom. The molecule has 3 aromatic rings. The Morgan fingerprint density at radius 3 is 2.88 bits per heavy atom. The molecule has 1 aliphatic rings. The van der Waals surface area contributed by atoms with Crippen molar-refractivity contribution in [3.8, 4) is 0 Å². The number of likely N-dealkylation sites (tertiary alicyclic amines) is 1. The van der Waals surface area contributed by atoms with E-state index >= 15 is 0 Å². The normalized spacial score (nSPS) is 17.7. The molecule has 1 fully saturated rings. The minimum atomic E-state index is 0.408. The van der Waals surface area contributed by atoms with Gasteiger partial charge in [0.15, 0.2) is 0 Å². The number of rotatable bonds is 5. The van der Waals surface area contributed by atoms with E-state index in [0.717, 1.165) is 25.3 Å². The van der Waals surface area contributed by atoms with Gasteiger partial charge in [0, 0.05) is 50.0 Å². The van der Waals surface area contributed by atoms with Crippen LogP contribution in [0.4, 0.5) is 11.6 Å². The third-order valence-corrected chi connectivity index (χ3v) is 4.50. The van der Waals surface area contributed by atoms with Crippen LogP contribution in [-0.4, -0.2) is 36.2 Å². The molecular formula is C18H21N7. The molecule has 1 N–H and O–H groups in total. The number of nitrogens with zero attached hydrogens (tertiary/aromatic N) is 6. The maximum Gasteiger partial charge on any atom is 0.150 e. The van der Waals surface area contributed by atoms with Crippen LogP contribution in [-0.2, 0) is 13.6 Å². The summed E-state index contributed by atoms with van der Waals surface area (Å²) in [6, 6.07) is 4.63. The highest BCUT2D eigenvalue weighted by Crippen LogP contribution is 2.33. The van der Waals surface area contributed by atoms with E-state index in [1.807, 2.05) is 24.1 Å². The second kappa shape index (κ2) is 6.98. The number of aromatic nitrogens is 5. The molecule has 7 nitrogen and oxygen atoms in total. The molecule has 0 aromatic carbocycles. The van der Waals surface area contributed by atoms with Gasteiger partial charge < -0.3 is 5.32 Å². The minimum Gasteiger partial charge on any atom is -0.324 e. The summed E-state index contributed by atoms with van der Waals surface area (Å²) >= 11 is 0. The second-order valence-electron chi connectivity index (χ2n) is 6.34. The molecule has 0 saturated carbocycles. The molecule has 0 amide bonds. The van der Waals surface area contributed by atoms with E-state index in [9.17, 15) is 0 Å². The number of pyridine rings is 1. The summed E-state index contributed by atoms with van der Waals surface area (Å²) in [5, 5.41) is 7.49. The fraction of sp³-hybridized carbons (Fsp3) is 0.333. The Labute approximate surface area is 146 Å². The van der Waals surface area contributed by atoms with Crippen LogP contribution >= 0.6 is 0 Å². The molecule has 3 aromatic heterocycles. The summed E-state index contributed by atoms with van der Waals surface area (Å²) in [5.74, 6) is 1.50. The standard InChI is InChI=1S/C18H21N7/c1-24-12-14(10-22-24)13-25-8-2-3-16(25)15-4-5-20-17(9-15)23-18-11-19-6-7-21-18/h4-7,9-12,16H,2-3,8,13H2,1H3,(H,20,21,23)/t16-/m1/s1. The number of hydrogen-bond acceptors (Lipinski definition) is 6. The molecule has 0 unspecified atom stereocenters. The highest BCUT2D eigenvalue weighted by Gasteiger charge is 2.26. The summed E-state index contributed by atoms with van der Waals surface area (Å²) in [7, 11) is 1.96. The molecule has 4 heterocycles. The molecule has 0 radical (unpaired) electrons. The highest BCUT2D eigenvalue weighted by molar-refractivity contribution is 5.51. The van der Waals surface area contributed by atoms with Gasteiger partial charge in [-0.1, -0.05) is 0 Å². The van der Waals surface area contributed by atoms with E-state index in [1.165, 1.54) is 17.5 Å². The Morgan fingerprint density at radius 1 is 1.16 bits per heavy atom. The van der Waals surface area contributed by atoms with Crippen LogP contribution in [0.2, 0.25) is 0 Å². The highest BCUT2D eigenvalue weighted by atomic mass is 15.2. The average Bonchev–Trinajstić information content (AvgIpc) is 3.25. The van der Waals surface area contributed by atoms with Gasteiger partial charge in [-0.25, -0.2) is 9.97 Å². The molecule has 4 rings (SSSR count). The monoisotopic (exact) mass is 335 g/mol. The van der Waals surface area contributed by atoms with Crippen molar-refractivity contribution >= 4 is 11.6 Å². The predicted octanol–water partition coefficient (Wildman–Crippen LogP) is 2.69. The largest absolute Gasteiger partial charge is 0.324 e. The number of hydrogen-bond donors (Lipinski definition) is 1. The first-order valence-corrected chi connectivity index (χ1v) is 8.48. The van der Waals surface area contributed by atoms with Gasteiger partial charge in [-0.3, -0.25) is 14.6 Å². The van der Waals surface area contributed by atoms with Crippen molar-refractivity contribution in [3.05, 3.63) is 60.4 Å². The van der Waals surface area contributed by atoms with Crippen LogP contribution in [0, 0.1) is 0 Å². The van der Waals surface area contributed by atoms with Crippen molar-refractivity contribution in [2.75, 3.05) is 11.9 Å². The zero-order valence-electron chi connectivity index (χ0n) is 14.2. The molecule has 0 aliphatic carbocycles. The summed E-state index contributed by atoms with van der Waals surface area (Å²) < 4.78 is 1.86. The predicted molar refractivity (Wildman–Crippen MR) is 95.1 cm³/mol. The van der Waals surface area contributed by atoms with E-state index in [2.05, 4.69) is 48.6 Å². The molecule has 0 spiro atoms. The molecule has 1 atom stereocenters. The van der Waals surface area contributed by atoms with E-state index in [4.69, 9.17) is 0 Å². The van der Waals surface area contributed by atoms with Crippen LogP contribution in [0.15, 0.2) is 49.3 Å². The fourth-order valence-corrected chi connectivity index (χ4v) is 3.40. The van der Waals surface area contributed by atoms with Crippen LogP contribution < -0.4 is 5.32 Å². The second-order valence-corrected chi connectivity index (χ2v) is 6.34. The van der Waals surface area contributed by atoms with Gasteiger partial charge in [-0.15, -0.1) is 0 Å². The zero-order chi connectivity index (χ0) is 17.1. The smallest absolute Gasteiger partial charge is 0.150 e. The zero-order valence-corrected chi connectivity index (χ0v) is 14.2. The van der Waals surface area contributed by atoms with Gasteiger partial charge in [0.25, 0.3) is 0 Å². The Hall–Kier alpha value is -2.80. The van der Waals surface area contributed by atoms with E-state index < -0.39 is 0 Å². The summed E-state index contributed by atoms with van der Waals surface area (Å²) in [6.45, 7) is 2.03.